The molecule has 4 aliphatic rings. The van der Waals surface area contributed by atoms with Crippen molar-refractivity contribution in [1.82, 2.24) is 15.3 Å². The molecule has 0 amide bonds. The standard InChI is InChI=1S/C23H24N4O3/c1-14-9-16-11-18(3-4-20(16)25-14)30-22-5-6-24-23(27-22)26-17-10-15-12-19(15)21(13-17)29-8-7-28-2/h3-6,9-10,12-13,15-16,25H,7-8,11H2,1-2H3,(H,24,26,27)/t15-,16?/m1/s1. The lowest BCUT2D eigenvalue weighted by Crippen LogP contribution is -2.14. The maximum Gasteiger partial charge on any atom is 0.230 e. The zero-order valence-electron chi connectivity index (χ0n) is 17.0. The highest BCUT2D eigenvalue weighted by Gasteiger charge is 2.31. The molecule has 0 radical (unpaired) electrons. The summed E-state index contributed by atoms with van der Waals surface area (Å²) in [5.41, 5.74) is 4.53. The third kappa shape index (κ3) is 4.02. The Morgan fingerprint density at radius 2 is 2.13 bits per heavy atom. The number of hydrogen-bond donors (Lipinski definition) is 2. The van der Waals surface area contributed by atoms with Crippen molar-refractivity contribution in [1.29, 1.82) is 0 Å². The van der Waals surface area contributed by atoms with Crippen LogP contribution in [-0.2, 0) is 9.47 Å². The van der Waals surface area contributed by atoms with E-state index in [0.717, 1.165) is 23.6 Å². The summed E-state index contributed by atoms with van der Waals surface area (Å²) < 4.78 is 16.9. The maximum absolute atomic E-state index is 6.03. The van der Waals surface area contributed by atoms with Crippen LogP contribution in [0.25, 0.3) is 0 Å². The smallest absolute Gasteiger partial charge is 0.230 e. The molecule has 1 unspecified atom stereocenters. The molecule has 7 heteroatoms. The van der Waals surface area contributed by atoms with Crippen molar-refractivity contribution in [2.75, 3.05) is 25.6 Å². The third-order valence-corrected chi connectivity index (χ3v) is 5.27. The molecule has 0 spiro atoms. The first-order valence-corrected chi connectivity index (χ1v) is 10.1. The summed E-state index contributed by atoms with van der Waals surface area (Å²) >= 11 is 0. The number of rotatable bonds is 8. The van der Waals surface area contributed by atoms with Gasteiger partial charge in [-0.3, -0.25) is 0 Å². The summed E-state index contributed by atoms with van der Waals surface area (Å²) in [6.07, 6.45) is 15.1. The Bertz CT molecular complexity index is 1050. The minimum atomic E-state index is 0.319. The van der Waals surface area contributed by atoms with E-state index in [4.69, 9.17) is 14.2 Å². The first kappa shape index (κ1) is 18.7. The van der Waals surface area contributed by atoms with Crippen molar-refractivity contribution in [3.05, 3.63) is 82.9 Å². The summed E-state index contributed by atoms with van der Waals surface area (Å²) in [7, 11) is 1.66. The molecule has 0 fully saturated rings. The second-order valence-electron chi connectivity index (χ2n) is 7.61. The molecule has 0 bridgehead atoms. The van der Waals surface area contributed by atoms with E-state index in [1.165, 1.54) is 17.0 Å². The van der Waals surface area contributed by atoms with Crippen LogP contribution >= 0.6 is 0 Å². The van der Waals surface area contributed by atoms with E-state index in [1.807, 2.05) is 12.2 Å². The zero-order chi connectivity index (χ0) is 20.5. The highest BCUT2D eigenvalue weighted by Crippen LogP contribution is 2.41. The Hall–Kier alpha value is -3.32. The van der Waals surface area contributed by atoms with Crippen LogP contribution in [0.5, 0.6) is 5.88 Å². The fraction of sp³-hybridized carbons (Fsp3) is 0.304. The third-order valence-electron chi connectivity index (χ3n) is 5.27. The number of allylic oxidation sites excluding steroid dienone is 9. The molecular formula is C23H24N4O3. The van der Waals surface area contributed by atoms with Crippen LogP contribution in [0.3, 0.4) is 0 Å². The number of methoxy groups -OCH3 is 1. The molecule has 3 aliphatic carbocycles. The van der Waals surface area contributed by atoms with Crippen molar-refractivity contribution in [2.45, 2.75) is 13.3 Å². The van der Waals surface area contributed by atoms with Gasteiger partial charge in [0.1, 0.15) is 18.1 Å². The average molecular weight is 404 g/mol. The van der Waals surface area contributed by atoms with Gasteiger partial charge in [0.25, 0.3) is 0 Å². The molecule has 1 aliphatic heterocycles. The molecule has 0 aromatic carbocycles. The van der Waals surface area contributed by atoms with Crippen LogP contribution in [0, 0.1) is 11.8 Å². The van der Waals surface area contributed by atoms with E-state index in [2.05, 4.69) is 51.8 Å². The van der Waals surface area contributed by atoms with Crippen LogP contribution < -0.4 is 15.4 Å². The minimum Gasteiger partial charge on any atom is -0.491 e. The Morgan fingerprint density at radius 1 is 1.20 bits per heavy atom. The van der Waals surface area contributed by atoms with Crippen molar-refractivity contribution in [3.63, 3.8) is 0 Å². The van der Waals surface area contributed by atoms with Gasteiger partial charge in [0, 0.05) is 66.4 Å². The monoisotopic (exact) mass is 404 g/mol. The summed E-state index contributed by atoms with van der Waals surface area (Å²) in [5, 5.41) is 6.64. The van der Waals surface area contributed by atoms with Crippen molar-refractivity contribution >= 4 is 5.95 Å². The number of hydrogen-bond acceptors (Lipinski definition) is 7. The van der Waals surface area contributed by atoms with Gasteiger partial charge in [-0.25, -0.2) is 4.98 Å². The van der Waals surface area contributed by atoms with Gasteiger partial charge in [-0.2, -0.15) is 4.98 Å². The molecule has 2 atom stereocenters. The number of anilines is 1. The second kappa shape index (κ2) is 7.84. The average Bonchev–Trinajstić information content (AvgIpc) is 3.41. The molecule has 5 rings (SSSR count). The summed E-state index contributed by atoms with van der Waals surface area (Å²) in [6.45, 7) is 3.16. The van der Waals surface area contributed by atoms with Crippen molar-refractivity contribution in [3.8, 4) is 5.88 Å². The molecule has 7 nitrogen and oxygen atoms in total. The number of nitrogens with zero attached hydrogens (tertiary/aromatic N) is 2. The number of aromatic nitrogens is 2. The quantitative estimate of drug-likeness (QED) is 0.642. The molecule has 30 heavy (non-hydrogen) atoms. The Labute approximate surface area is 175 Å². The van der Waals surface area contributed by atoms with Gasteiger partial charge in [0.15, 0.2) is 0 Å². The lowest BCUT2D eigenvalue weighted by molar-refractivity contribution is 0.113. The van der Waals surface area contributed by atoms with E-state index < -0.39 is 0 Å². The molecule has 1 aromatic heterocycles. The van der Waals surface area contributed by atoms with Crippen molar-refractivity contribution < 1.29 is 14.2 Å². The van der Waals surface area contributed by atoms with Crippen LogP contribution in [0.15, 0.2) is 82.9 Å². The van der Waals surface area contributed by atoms with Gasteiger partial charge in [-0.1, -0.05) is 12.2 Å². The largest absolute Gasteiger partial charge is 0.491 e. The Balaban J connectivity index is 1.24. The van der Waals surface area contributed by atoms with Gasteiger partial charge in [-0.05, 0) is 25.2 Å². The van der Waals surface area contributed by atoms with Crippen LogP contribution in [0.4, 0.5) is 5.95 Å². The molecule has 0 saturated carbocycles. The van der Waals surface area contributed by atoms with Gasteiger partial charge in [0.05, 0.1) is 6.61 Å². The molecular weight excluding hydrogens is 380 g/mol. The summed E-state index contributed by atoms with van der Waals surface area (Å²) in [5.74, 6) is 3.43. The zero-order valence-corrected chi connectivity index (χ0v) is 17.0. The van der Waals surface area contributed by atoms with E-state index in [-0.39, 0.29) is 0 Å². The van der Waals surface area contributed by atoms with Crippen LogP contribution in [-0.4, -0.2) is 30.3 Å². The van der Waals surface area contributed by atoms with E-state index in [0.29, 0.717) is 36.9 Å². The van der Waals surface area contributed by atoms with E-state index in [9.17, 15) is 0 Å². The molecule has 1 aromatic rings. The first-order valence-electron chi connectivity index (χ1n) is 10.1. The molecule has 2 N–H and O–H groups in total. The number of fused-ring (bicyclic) bond motifs is 2. The fourth-order valence-corrected chi connectivity index (χ4v) is 3.79. The number of nitrogens with one attached hydrogen (secondary N) is 2. The van der Waals surface area contributed by atoms with Gasteiger partial charge in [-0.15, -0.1) is 0 Å². The summed E-state index contributed by atoms with van der Waals surface area (Å²) in [4.78, 5) is 8.84. The van der Waals surface area contributed by atoms with Gasteiger partial charge < -0.3 is 24.8 Å². The second-order valence-corrected chi connectivity index (χ2v) is 7.61. The Morgan fingerprint density at radius 3 is 3.03 bits per heavy atom. The topological polar surface area (TPSA) is 77.5 Å². The molecule has 154 valence electrons. The highest BCUT2D eigenvalue weighted by molar-refractivity contribution is 5.58. The van der Waals surface area contributed by atoms with Gasteiger partial charge in [0.2, 0.25) is 11.8 Å². The van der Waals surface area contributed by atoms with E-state index >= 15 is 0 Å². The van der Waals surface area contributed by atoms with E-state index in [1.54, 1.807) is 19.4 Å². The molecule has 2 heterocycles. The van der Waals surface area contributed by atoms with Crippen LogP contribution in [0.1, 0.15) is 13.3 Å². The predicted molar refractivity (Wildman–Crippen MR) is 113 cm³/mol. The Kier molecular flexibility index (Phi) is 4.88. The number of ether oxygens (including phenoxy) is 3. The SMILES string of the molecule is COCCOC1=CC(Nc2nccc(OC3=CC=C4NC(C)=CC4C3)n2)=C[C@@H]2C=C12. The van der Waals surface area contributed by atoms with Crippen molar-refractivity contribution in [2.24, 2.45) is 11.8 Å². The van der Waals surface area contributed by atoms with Crippen LogP contribution in [0.2, 0.25) is 0 Å². The summed E-state index contributed by atoms with van der Waals surface area (Å²) in [6, 6.07) is 1.77. The fourth-order valence-electron chi connectivity index (χ4n) is 3.79. The maximum atomic E-state index is 6.03. The highest BCUT2D eigenvalue weighted by atomic mass is 16.5. The minimum absolute atomic E-state index is 0.319. The normalized spacial score (nSPS) is 23.4. The van der Waals surface area contributed by atoms with Gasteiger partial charge >= 0.3 is 0 Å². The lowest BCUT2D eigenvalue weighted by atomic mass is 9.97. The predicted octanol–water partition coefficient (Wildman–Crippen LogP) is 3.56. The lowest BCUT2D eigenvalue weighted by Gasteiger charge is -2.18. The first-order chi connectivity index (χ1) is 14.7. The molecule has 0 saturated heterocycles.